The van der Waals surface area contributed by atoms with Crippen LogP contribution in [0.2, 0.25) is 0 Å². The van der Waals surface area contributed by atoms with Crippen molar-refractivity contribution in [2.24, 2.45) is 5.10 Å². The number of nitrogens with zero attached hydrogens (tertiary/aromatic N) is 3. The quantitative estimate of drug-likeness (QED) is 0.544. The van der Waals surface area contributed by atoms with Crippen LogP contribution in [0.25, 0.3) is 0 Å². The van der Waals surface area contributed by atoms with Gasteiger partial charge in [0.05, 0.1) is 6.04 Å². The molecule has 0 saturated carbocycles. The smallest absolute Gasteiger partial charge is 0.236 e. The summed E-state index contributed by atoms with van der Waals surface area (Å²) >= 11 is 0. The number of likely N-dealkylation sites (tertiary alicyclic amines) is 1. The Morgan fingerprint density at radius 3 is 2.59 bits per heavy atom. The van der Waals surface area contributed by atoms with Crippen LogP contribution >= 0.6 is 0 Å². The van der Waals surface area contributed by atoms with Gasteiger partial charge in [0, 0.05) is 26.2 Å². The molecule has 0 bridgehead atoms. The zero-order valence-corrected chi connectivity index (χ0v) is 10.8. The summed E-state index contributed by atoms with van der Waals surface area (Å²) in [5.74, 6) is -0.117. The van der Waals surface area contributed by atoms with Crippen LogP contribution in [-0.2, 0) is 4.79 Å². The topological polar surface area (TPSA) is 68.2 Å². The number of hydrazone groups is 1. The Labute approximate surface area is 102 Å². The van der Waals surface area contributed by atoms with Crippen molar-refractivity contribution in [3.8, 4) is 0 Å². The molecule has 0 aromatic heterocycles. The zero-order valence-electron chi connectivity index (χ0n) is 10.8. The van der Waals surface area contributed by atoms with E-state index in [2.05, 4.69) is 10.5 Å². The van der Waals surface area contributed by atoms with E-state index in [0.29, 0.717) is 0 Å². The van der Waals surface area contributed by atoms with Gasteiger partial charge >= 0.3 is 0 Å². The Bertz CT molecular complexity index is 273. The molecule has 2 N–H and O–H groups in total. The molecule has 1 amide bonds. The predicted octanol–water partition coefficient (Wildman–Crippen LogP) is 0.148. The highest BCUT2D eigenvalue weighted by Gasteiger charge is 2.26. The number of hydrogen-bond donors (Lipinski definition) is 2. The monoisotopic (exact) mass is 242 g/mol. The average Bonchev–Trinajstić information content (AvgIpc) is 2.28. The first kappa shape index (κ1) is 13.9. The second-order valence-electron chi connectivity index (χ2n) is 4.29. The van der Waals surface area contributed by atoms with E-state index in [0.717, 1.165) is 25.9 Å². The van der Waals surface area contributed by atoms with E-state index in [9.17, 15) is 9.90 Å². The maximum atomic E-state index is 11.1. The molecule has 98 valence electrons. The number of nitrogens with one attached hydrogen (secondary N) is 1. The molecule has 0 spiro atoms. The van der Waals surface area contributed by atoms with Crippen molar-refractivity contribution in [1.29, 1.82) is 0 Å². The minimum Gasteiger partial charge on any atom is -0.379 e. The lowest BCUT2D eigenvalue weighted by molar-refractivity contribution is -0.125. The molecule has 6 heteroatoms. The summed E-state index contributed by atoms with van der Waals surface area (Å²) in [7, 11) is 0. The number of aliphatic hydroxyl groups excluding tert-OH is 1. The summed E-state index contributed by atoms with van der Waals surface area (Å²) in [5, 5.41) is 15.2. The molecular weight excluding hydrogens is 220 g/mol. The van der Waals surface area contributed by atoms with Gasteiger partial charge in [-0.1, -0.05) is 0 Å². The number of amides is 1. The van der Waals surface area contributed by atoms with Crippen LogP contribution in [0.1, 0.15) is 33.6 Å². The Kier molecular flexibility index (Phi) is 5.37. The first-order valence-electron chi connectivity index (χ1n) is 6.01. The number of piperidine rings is 1. The molecule has 1 fully saturated rings. The zero-order chi connectivity index (χ0) is 12.8. The lowest BCUT2D eigenvalue weighted by Crippen LogP contribution is -2.51. The molecule has 1 saturated heterocycles. The van der Waals surface area contributed by atoms with Crippen molar-refractivity contribution in [2.45, 2.75) is 45.9 Å². The van der Waals surface area contributed by atoms with Crippen LogP contribution in [0.15, 0.2) is 5.10 Å². The van der Waals surface area contributed by atoms with E-state index in [1.165, 1.54) is 6.92 Å². The largest absolute Gasteiger partial charge is 0.379 e. The molecule has 1 heterocycles. The molecule has 1 unspecified atom stereocenters. The first-order valence-corrected chi connectivity index (χ1v) is 6.01. The highest BCUT2D eigenvalue weighted by atomic mass is 16.3. The van der Waals surface area contributed by atoms with Crippen molar-refractivity contribution >= 4 is 12.1 Å². The van der Waals surface area contributed by atoms with Crippen LogP contribution < -0.4 is 5.43 Å². The van der Waals surface area contributed by atoms with Gasteiger partial charge in [-0.05, 0) is 26.7 Å². The van der Waals surface area contributed by atoms with Crippen LogP contribution in [0.4, 0.5) is 0 Å². The predicted molar refractivity (Wildman–Crippen MR) is 66.1 cm³/mol. The minimum absolute atomic E-state index is 0.117. The standard InChI is InChI=1S/C11H22N4O2/c1-4-12-15(13-9(2)16)11-5-7-14(8-6-11)10(3)17/h4,10-11,17H,5-8H2,1-3H3,(H,13,16)/b12-4-. The fourth-order valence-corrected chi connectivity index (χ4v) is 2.00. The SMILES string of the molecule is C/C=N\N(NC(C)=O)C1CCN(C(C)O)CC1. The van der Waals surface area contributed by atoms with E-state index in [-0.39, 0.29) is 11.9 Å². The molecular formula is C11H22N4O2. The van der Waals surface area contributed by atoms with Gasteiger partial charge in [-0.3, -0.25) is 15.1 Å². The normalized spacial score (nSPS) is 20.5. The highest BCUT2D eigenvalue weighted by Crippen LogP contribution is 2.16. The number of hydrazine groups is 1. The van der Waals surface area contributed by atoms with Crippen LogP contribution in [0.3, 0.4) is 0 Å². The van der Waals surface area contributed by atoms with Gasteiger partial charge in [0.1, 0.15) is 6.23 Å². The van der Waals surface area contributed by atoms with Gasteiger partial charge in [0.25, 0.3) is 0 Å². The summed E-state index contributed by atoms with van der Waals surface area (Å²) in [6.07, 6.45) is 3.02. The summed E-state index contributed by atoms with van der Waals surface area (Å²) < 4.78 is 0. The van der Waals surface area contributed by atoms with Crippen molar-refractivity contribution in [3.63, 3.8) is 0 Å². The molecule has 1 atom stereocenters. The van der Waals surface area contributed by atoms with Crippen molar-refractivity contribution < 1.29 is 9.90 Å². The highest BCUT2D eigenvalue weighted by molar-refractivity contribution is 5.72. The third kappa shape index (κ3) is 4.32. The summed E-state index contributed by atoms with van der Waals surface area (Å²) in [6.45, 7) is 6.70. The number of aliphatic hydroxyl groups is 1. The fraction of sp³-hybridized carbons (Fsp3) is 0.818. The molecule has 1 aliphatic rings. The van der Waals surface area contributed by atoms with E-state index in [1.54, 1.807) is 18.3 Å². The molecule has 0 aliphatic carbocycles. The molecule has 0 aromatic carbocycles. The van der Waals surface area contributed by atoms with Gasteiger partial charge in [-0.25, -0.2) is 5.12 Å². The number of rotatable bonds is 4. The van der Waals surface area contributed by atoms with Crippen molar-refractivity contribution in [1.82, 2.24) is 15.4 Å². The summed E-state index contributed by atoms with van der Waals surface area (Å²) in [5.41, 5.74) is 2.71. The van der Waals surface area contributed by atoms with Crippen LogP contribution in [-0.4, -0.2) is 52.6 Å². The van der Waals surface area contributed by atoms with E-state index in [4.69, 9.17) is 0 Å². The number of carbonyl (C=O) groups is 1. The van der Waals surface area contributed by atoms with Gasteiger partial charge in [0.2, 0.25) is 5.91 Å². The third-order valence-corrected chi connectivity index (χ3v) is 2.89. The fourth-order valence-electron chi connectivity index (χ4n) is 2.00. The number of carbonyl (C=O) groups excluding carboxylic acids is 1. The summed E-state index contributed by atoms with van der Waals surface area (Å²) in [4.78, 5) is 13.1. The van der Waals surface area contributed by atoms with Gasteiger partial charge in [-0.15, -0.1) is 0 Å². The maximum Gasteiger partial charge on any atom is 0.236 e. The van der Waals surface area contributed by atoms with Crippen LogP contribution in [0, 0.1) is 0 Å². The van der Waals surface area contributed by atoms with Gasteiger partial charge < -0.3 is 5.11 Å². The van der Waals surface area contributed by atoms with E-state index in [1.807, 2.05) is 11.8 Å². The van der Waals surface area contributed by atoms with Gasteiger partial charge in [0.15, 0.2) is 0 Å². The molecule has 6 nitrogen and oxygen atoms in total. The maximum absolute atomic E-state index is 11.1. The van der Waals surface area contributed by atoms with Crippen molar-refractivity contribution in [2.75, 3.05) is 13.1 Å². The van der Waals surface area contributed by atoms with Crippen LogP contribution in [0.5, 0.6) is 0 Å². The number of hydrogen-bond acceptors (Lipinski definition) is 5. The molecule has 1 aliphatic heterocycles. The Morgan fingerprint density at radius 2 is 2.18 bits per heavy atom. The second-order valence-corrected chi connectivity index (χ2v) is 4.29. The minimum atomic E-state index is -0.403. The first-order chi connectivity index (χ1) is 8.04. The van der Waals surface area contributed by atoms with E-state index >= 15 is 0 Å². The van der Waals surface area contributed by atoms with E-state index < -0.39 is 6.23 Å². The Hall–Kier alpha value is -1.14. The third-order valence-electron chi connectivity index (χ3n) is 2.89. The molecule has 0 aromatic rings. The van der Waals surface area contributed by atoms with Gasteiger partial charge in [-0.2, -0.15) is 5.10 Å². The second kappa shape index (κ2) is 6.56. The average molecular weight is 242 g/mol. The Balaban J connectivity index is 2.51. The lowest BCUT2D eigenvalue weighted by Gasteiger charge is -2.37. The lowest BCUT2D eigenvalue weighted by atomic mass is 10.1. The Morgan fingerprint density at radius 1 is 1.59 bits per heavy atom. The van der Waals surface area contributed by atoms with Crippen molar-refractivity contribution in [3.05, 3.63) is 0 Å². The molecule has 1 rings (SSSR count). The summed E-state index contributed by atoms with van der Waals surface area (Å²) in [6, 6.07) is 0.199. The molecule has 0 radical (unpaired) electrons. The molecule has 17 heavy (non-hydrogen) atoms.